The number of para-hydroxylation sites is 1. The van der Waals surface area contributed by atoms with Gasteiger partial charge >= 0.3 is 5.97 Å². The van der Waals surface area contributed by atoms with E-state index in [0.717, 1.165) is 16.5 Å². The summed E-state index contributed by atoms with van der Waals surface area (Å²) < 4.78 is 0.363. The molecule has 1 amide bonds. The van der Waals surface area contributed by atoms with Crippen LogP contribution in [0.3, 0.4) is 0 Å². The summed E-state index contributed by atoms with van der Waals surface area (Å²) in [4.78, 5) is 30.3. The van der Waals surface area contributed by atoms with Gasteiger partial charge in [0.2, 0.25) is 0 Å². The molecule has 1 aliphatic rings. The van der Waals surface area contributed by atoms with Gasteiger partial charge in [0.15, 0.2) is 4.32 Å². The largest absolute Gasteiger partial charge is 0.478 e. The zero-order valence-electron chi connectivity index (χ0n) is 13.8. The molecule has 1 saturated heterocycles. The first-order valence-corrected chi connectivity index (χ1v) is 9.22. The first-order chi connectivity index (χ1) is 13.0. The quantitative estimate of drug-likeness (QED) is 0.528. The second-order valence-electron chi connectivity index (χ2n) is 5.79. The van der Waals surface area contributed by atoms with E-state index in [-0.39, 0.29) is 11.5 Å². The Hall–Kier alpha value is -3.03. The first-order valence-electron chi connectivity index (χ1n) is 7.99. The number of carbonyl (C=O) groups is 2. The normalized spacial score (nSPS) is 15.7. The van der Waals surface area contributed by atoms with E-state index in [9.17, 15) is 14.7 Å². The lowest BCUT2D eigenvalue weighted by atomic mass is 10.1. The summed E-state index contributed by atoms with van der Waals surface area (Å²) in [7, 11) is 0. The molecule has 0 aliphatic carbocycles. The summed E-state index contributed by atoms with van der Waals surface area (Å²) >= 11 is 6.55. The fourth-order valence-corrected chi connectivity index (χ4v) is 4.14. The van der Waals surface area contributed by atoms with Crippen molar-refractivity contribution >= 4 is 62.8 Å². The van der Waals surface area contributed by atoms with Gasteiger partial charge in [0, 0.05) is 17.1 Å². The highest BCUT2D eigenvalue weighted by molar-refractivity contribution is 8.27. The molecule has 5 nitrogen and oxygen atoms in total. The molecule has 0 bridgehead atoms. The molecule has 4 rings (SSSR count). The lowest BCUT2D eigenvalue weighted by Crippen LogP contribution is -2.27. The number of thiocarbonyl (C=S) groups is 1. The molecule has 7 heteroatoms. The predicted molar refractivity (Wildman–Crippen MR) is 111 cm³/mol. The summed E-state index contributed by atoms with van der Waals surface area (Å²) in [6.07, 6.45) is 3.48. The Kier molecular flexibility index (Phi) is 4.47. The van der Waals surface area contributed by atoms with E-state index in [2.05, 4.69) is 4.98 Å². The van der Waals surface area contributed by atoms with Crippen molar-refractivity contribution in [3.63, 3.8) is 0 Å². The Morgan fingerprint density at radius 2 is 1.93 bits per heavy atom. The Labute approximate surface area is 164 Å². The topological polar surface area (TPSA) is 70.5 Å². The average molecular weight is 392 g/mol. The molecule has 1 aromatic heterocycles. The van der Waals surface area contributed by atoms with Crippen molar-refractivity contribution in [1.29, 1.82) is 0 Å². The molecule has 2 aromatic carbocycles. The van der Waals surface area contributed by atoms with E-state index in [0.29, 0.717) is 14.9 Å². The second-order valence-corrected chi connectivity index (χ2v) is 7.47. The van der Waals surface area contributed by atoms with Gasteiger partial charge in [0.1, 0.15) is 0 Å². The van der Waals surface area contributed by atoms with E-state index in [4.69, 9.17) is 12.2 Å². The number of carbonyl (C=O) groups excluding carboxylic acids is 1. The number of fused-ring (bicyclic) bond motifs is 1. The third kappa shape index (κ3) is 3.22. The first kappa shape index (κ1) is 17.4. The van der Waals surface area contributed by atoms with E-state index in [1.165, 1.54) is 28.8 Å². The SMILES string of the molecule is O=C(O)c1cccc(N2C(=O)/C(=C/c3cccc4cccnc34)SC2=S)c1. The van der Waals surface area contributed by atoms with Crippen LogP contribution >= 0.6 is 24.0 Å². The predicted octanol–water partition coefficient (Wildman–Crippen LogP) is 4.34. The molecular formula is C20H12N2O3S2. The van der Waals surface area contributed by atoms with Gasteiger partial charge in [-0.25, -0.2) is 4.79 Å². The number of carboxylic acids is 1. The maximum atomic E-state index is 12.9. The second kappa shape index (κ2) is 6.94. The lowest BCUT2D eigenvalue weighted by molar-refractivity contribution is -0.113. The number of aromatic nitrogens is 1. The smallest absolute Gasteiger partial charge is 0.335 e. The van der Waals surface area contributed by atoms with Crippen LogP contribution < -0.4 is 4.90 Å². The van der Waals surface area contributed by atoms with E-state index in [1.807, 2.05) is 30.3 Å². The maximum Gasteiger partial charge on any atom is 0.335 e. The number of amides is 1. The molecule has 132 valence electrons. The van der Waals surface area contributed by atoms with Crippen LogP contribution in [-0.4, -0.2) is 26.3 Å². The van der Waals surface area contributed by atoms with Crippen molar-refractivity contribution in [3.05, 3.63) is 76.8 Å². The maximum absolute atomic E-state index is 12.9. The van der Waals surface area contributed by atoms with E-state index < -0.39 is 5.97 Å². The van der Waals surface area contributed by atoms with Crippen molar-refractivity contribution in [2.45, 2.75) is 0 Å². The van der Waals surface area contributed by atoms with Gasteiger partial charge in [-0.05, 0) is 30.3 Å². The van der Waals surface area contributed by atoms with Crippen molar-refractivity contribution in [2.75, 3.05) is 4.90 Å². The molecular weight excluding hydrogens is 380 g/mol. The van der Waals surface area contributed by atoms with Crippen molar-refractivity contribution in [2.24, 2.45) is 0 Å². The van der Waals surface area contributed by atoms with Crippen molar-refractivity contribution < 1.29 is 14.7 Å². The van der Waals surface area contributed by atoms with Crippen LogP contribution in [0.15, 0.2) is 65.7 Å². The van der Waals surface area contributed by atoms with Crippen LogP contribution in [0, 0.1) is 0 Å². The van der Waals surface area contributed by atoms with Gasteiger partial charge in [-0.3, -0.25) is 14.7 Å². The van der Waals surface area contributed by atoms with Crippen LogP contribution in [-0.2, 0) is 4.79 Å². The van der Waals surface area contributed by atoms with Gasteiger partial charge in [0.25, 0.3) is 5.91 Å². The number of carboxylic acid groups (broad SMARTS) is 1. The van der Waals surface area contributed by atoms with Crippen LogP contribution in [0.2, 0.25) is 0 Å². The molecule has 1 N–H and O–H groups in total. The molecule has 0 unspecified atom stereocenters. The standard InChI is InChI=1S/C20H12N2O3S2/c23-18-16(11-13-5-1-4-12-7-3-9-21-17(12)13)27-20(26)22(18)15-8-2-6-14(10-15)19(24)25/h1-11H,(H,24,25)/b16-11-. The molecule has 0 radical (unpaired) electrons. The van der Waals surface area contributed by atoms with E-state index >= 15 is 0 Å². The van der Waals surface area contributed by atoms with Gasteiger partial charge < -0.3 is 5.11 Å². The highest BCUT2D eigenvalue weighted by Crippen LogP contribution is 2.36. The molecule has 27 heavy (non-hydrogen) atoms. The van der Waals surface area contributed by atoms with Crippen LogP contribution in [0.4, 0.5) is 5.69 Å². The van der Waals surface area contributed by atoms with Gasteiger partial charge in [-0.1, -0.05) is 54.3 Å². The molecule has 3 aromatic rings. The van der Waals surface area contributed by atoms with Crippen LogP contribution in [0.1, 0.15) is 15.9 Å². The molecule has 0 saturated carbocycles. The van der Waals surface area contributed by atoms with E-state index in [1.54, 1.807) is 24.4 Å². The highest BCUT2D eigenvalue weighted by atomic mass is 32.2. The Morgan fingerprint density at radius 1 is 1.15 bits per heavy atom. The van der Waals surface area contributed by atoms with Crippen LogP contribution in [0.5, 0.6) is 0 Å². The number of rotatable bonds is 3. The fourth-order valence-electron chi connectivity index (χ4n) is 2.85. The van der Waals surface area contributed by atoms with Gasteiger partial charge in [-0.15, -0.1) is 0 Å². The third-order valence-corrected chi connectivity index (χ3v) is 5.40. The fraction of sp³-hybridized carbons (Fsp3) is 0. The number of anilines is 1. The number of nitrogens with zero attached hydrogens (tertiary/aromatic N) is 2. The van der Waals surface area contributed by atoms with Gasteiger partial charge in [-0.2, -0.15) is 0 Å². The summed E-state index contributed by atoms with van der Waals surface area (Å²) in [6.45, 7) is 0. The zero-order valence-corrected chi connectivity index (χ0v) is 15.5. The number of hydrogen-bond donors (Lipinski definition) is 1. The number of thioether (sulfide) groups is 1. The average Bonchev–Trinajstić information content (AvgIpc) is 2.95. The number of aromatic carboxylic acids is 1. The summed E-state index contributed by atoms with van der Waals surface area (Å²) in [5.41, 5.74) is 2.17. The third-order valence-electron chi connectivity index (χ3n) is 4.10. The lowest BCUT2D eigenvalue weighted by Gasteiger charge is -2.14. The monoisotopic (exact) mass is 392 g/mol. The summed E-state index contributed by atoms with van der Waals surface area (Å²) in [6, 6.07) is 15.8. The molecule has 0 atom stereocenters. The number of pyridine rings is 1. The Bertz CT molecular complexity index is 1140. The molecule has 1 aliphatic heterocycles. The minimum atomic E-state index is -1.06. The Balaban J connectivity index is 1.74. The molecule has 1 fully saturated rings. The minimum Gasteiger partial charge on any atom is -0.478 e. The van der Waals surface area contributed by atoms with Crippen molar-refractivity contribution in [1.82, 2.24) is 4.98 Å². The zero-order chi connectivity index (χ0) is 19.0. The minimum absolute atomic E-state index is 0.101. The van der Waals surface area contributed by atoms with Crippen LogP contribution in [0.25, 0.3) is 17.0 Å². The van der Waals surface area contributed by atoms with Crippen molar-refractivity contribution in [3.8, 4) is 0 Å². The molecule has 0 spiro atoms. The summed E-state index contributed by atoms with van der Waals surface area (Å²) in [5, 5.41) is 10.2. The number of benzene rings is 2. The number of hydrogen-bond acceptors (Lipinski definition) is 5. The molecule has 2 heterocycles. The Morgan fingerprint density at radius 3 is 2.74 bits per heavy atom. The van der Waals surface area contributed by atoms with Gasteiger partial charge in [0.05, 0.1) is 21.7 Å². The summed E-state index contributed by atoms with van der Waals surface area (Å²) in [5.74, 6) is -1.33. The highest BCUT2D eigenvalue weighted by Gasteiger charge is 2.33.